The van der Waals surface area contributed by atoms with Crippen LogP contribution in [0.4, 0.5) is 10.7 Å². The fraction of sp³-hybridized carbons (Fsp3) is 0.571. The summed E-state index contributed by atoms with van der Waals surface area (Å²) in [5.41, 5.74) is 0. The molecule has 0 aliphatic carbocycles. The minimum absolute atomic E-state index is 0.140. The SMILES string of the molecule is COC(=O)Nc1on[n+](C(C)C)c1Br. The maximum atomic E-state index is 10.9. The number of carbonyl (C=O) groups is 1. The van der Waals surface area contributed by atoms with E-state index in [1.54, 1.807) is 4.68 Å². The molecule has 0 unspecified atom stereocenters. The fourth-order valence-electron chi connectivity index (χ4n) is 0.801. The first-order chi connectivity index (χ1) is 6.56. The number of anilines is 1. The first-order valence-corrected chi connectivity index (χ1v) is 4.77. The van der Waals surface area contributed by atoms with Gasteiger partial charge in [0.15, 0.2) is 6.04 Å². The first kappa shape index (κ1) is 11.0. The van der Waals surface area contributed by atoms with E-state index in [4.69, 9.17) is 4.52 Å². The molecule has 1 amide bonds. The van der Waals surface area contributed by atoms with Gasteiger partial charge in [0.05, 0.1) is 7.11 Å². The second-order valence-electron chi connectivity index (χ2n) is 2.85. The van der Waals surface area contributed by atoms with Crippen LogP contribution in [-0.2, 0) is 4.74 Å². The Kier molecular flexibility index (Phi) is 3.45. The van der Waals surface area contributed by atoms with Gasteiger partial charge in [0.25, 0.3) is 0 Å². The molecule has 0 aliphatic rings. The van der Waals surface area contributed by atoms with Crippen LogP contribution in [0.25, 0.3) is 0 Å². The predicted molar refractivity (Wildman–Crippen MR) is 50.8 cm³/mol. The average Bonchev–Trinajstić information content (AvgIpc) is 2.48. The van der Waals surface area contributed by atoms with Crippen LogP contribution >= 0.6 is 15.9 Å². The highest BCUT2D eigenvalue weighted by Gasteiger charge is 2.25. The van der Waals surface area contributed by atoms with Gasteiger partial charge in [-0.25, -0.2) is 4.79 Å². The average molecular weight is 265 g/mol. The van der Waals surface area contributed by atoms with Crippen molar-refractivity contribution < 1.29 is 18.7 Å². The highest BCUT2D eigenvalue weighted by atomic mass is 79.9. The minimum atomic E-state index is -0.599. The van der Waals surface area contributed by atoms with E-state index in [1.165, 1.54) is 7.11 Å². The Morgan fingerprint density at radius 3 is 2.79 bits per heavy atom. The molecule has 78 valence electrons. The molecule has 0 fully saturated rings. The summed E-state index contributed by atoms with van der Waals surface area (Å²) in [7, 11) is 1.27. The monoisotopic (exact) mass is 264 g/mol. The van der Waals surface area contributed by atoms with Crippen molar-refractivity contribution in [2.45, 2.75) is 19.9 Å². The van der Waals surface area contributed by atoms with Crippen LogP contribution in [0.5, 0.6) is 0 Å². The number of ether oxygens (including phenoxy) is 1. The lowest BCUT2D eigenvalue weighted by atomic mass is 10.4. The lowest BCUT2D eigenvalue weighted by Crippen LogP contribution is -2.39. The third-order valence-corrected chi connectivity index (χ3v) is 2.22. The number of methoxy groups -OCH3 is 1. The maximum Gasteiger partial charge on any atom is 0.413 e. The van der Waals surface area contributed by atoms with Crippen molar-refractivity contribution in [1.82, 2.24) is 5.27 Å². The summed E-state index contributed by atoms with van der Waals surface area (Å²) < 4.78 is 11.5. The van der Waals surface area contributed by atoms with E-state index >= 15 is 0 Å². The molecule has 6 nitrogen and oxygen atoms in total. The van der Waals surface area contributed by atoms with Gasteiger partial charge in [-0.15, -0.1) is 0 Å². The molecular weight excluding hydrogens is 254 g/mol. The molecule has 0 saturated carbocycles. The molecule has 1 rings (SSSR count). The Labute approximate surface area is 89.3 Å². The van der Waals surface area contributed by atoms with Crippen LogP contribution in [0.2, 0.25) is 0 Å². The second-order valence-corrected chi connectivity index (χ2v) is 3.60. The highest BCUT2D eigenvalue weighted by molar-refractivity contribution is 9.10. The predicted octanol–water partition coefficient (Wildman–Crippen LogP) is 1.48. The van der Waals surface area contributed by atoms with Gasteiger partial charge in [-0.05, 0) is 4.68 Å². The number of carbonyl (C=O) groups excluding carboxylic acids is 1. The number of aromatic nitrogens is 2. The van der Waals surface area contributed by atoms with Crippen molar-refractivity contribution in [2.75, 3.05) is 12.4 Å². The molecule has 0 spiro atoms. The van der Waals surface area contributed by atoms with Gasteiger partial charge in [0.1, 0.15) is 0 Å². The van der Waals surface area contributed by atoms with Gasteiger partial charge in [0, 0.05) is 29.8 Å². The summed E-state index contributed by atoms with van der Waals surface area (Å²) in [6.07, 6.45) is -0.599. The van der Waals surface area contributed by atoms with E-state index in [9.17, 15) is 4.79 Å². The molecule has 0 atom stereocenters. The van der Waals surface area contributed by atoms with Gasteiger partial charge in [-0.1, -0.05) is 0 Å². The molecule has 1 aromatic rings. The Bertz CT molecular complexity index is 337. The molecule has 1 heterocycles. The summed E-state index contributed by atoms with van der Waals surface area (Å²) in [6, 6.07) is 0.140. The highest BCUT2D eigenvalue weighted by Crippen LogP contribution is 2.18. The van der Waals surface area contributed by atoms with Gasteiger partial charge >= 0.3 is 16.6 Å². The van der Waals surface area contributed by atoms with Crippen molar-refractivity contribution in [2.24, 2.45) is 0 Å². The number of hydrogen-bond acceptors (Lipinski definition) is 4. The lowest BCUT2D eigenvalue weighted by molar-refractivity contribution is -0.788. The van der Waals surface area contributed by atoms with Crippen LogP contribution in [0.1, 0.15) is 19.9 Å². The molecule has 7 heteroatoms. The number of hydrogen-bond donors (Lipinski definition) is 1. The van der Waals surface area contributed by atoms with Crippen molar-refractivity contribution in [3.8, 4) is 0 Å². The van der Waals surface area contributed by atoms with E-state index in [0.29, 0.717) is 4.60 Å². The summed E-state index contributed by atoms with van der Waals surface area (Å²) in [4.78, 5) is 10.9. The Hall–Kier alpha value is -1.11. The van der Waals surface area contributed by atoms with Crippen LogP contribution in [0.3, 0.4) is 0 Å². The van der Waals surface area contributed by atoms with Crippen molar-refractivity contribution in [3.63, 3.8) is 0 Å². The number of nitrogens with zero attached hydrogens (tertiary/aromatic N) is 2. The van der Waals surface area contributed by atoms with Gasteiger partial charge < -0.3 is 4.74 Å². The van der Waals surface area contributed by atoms with Gasteiger partial charge in [-0.3, -0.25) is 9.84 Å². The molecule has 1 aromatic heterocycles. The van der Waals surface area contributed by atoms with Crippen LogP contribution in [0, 0.1) is 0 Å². The van der Waals surface area contributed by atoms with Crippen molar-refractivity contribution in [3.05, 3.63) is 4.60 Å². The Balaban J connectivity index is 2.84. The molecule has 0 saturated heterocycles. The second kappa shape index (κ2) is 4.41. The number of amides is 1. The number of rotatable bonds is 2. The van der Waals surface area contributed by atoms with Gasteiger partial charge in [0.2, 0.25) is 5.27 Å². The molecular formula is C7H11BrN3O3+. The zero-order valence-electron chi connectivity index (χ0n) is 8.07. The Morgan fingerprint density at radius 2 is 2.36 bits per heavy atom. The van der Waals surface area contributed by atoms with E-state index in [2.05, 4.69) is 31.3 Å². The van der Waals surface area contributed by atoms with Crippen LogP contribution in [0.15, 0.2) is 9.13 Å². The zero-order valence-corrected chi connectivity index (χ0v) is 9.66. The maximum absolute atomic E-state index is 10.9. The van der Waals surface area contributed by atoms with Crippen molar-refractivity contribution in [1.29, 1.82) is 0 Å². The first-order valence-electron chi connectivity index (χ1n) is 3.98. The van der Waals surface area contributed by atoms with E-state index in [-0.39, 0.29) is 11.9 Å². The number of halogens is 1. The Morgan fingerprint density at radius 1 is 1.71 bits per heavy atom. The summed E-state index contributed by atoms with van der Waals surface area (Å²) in [5.74, 6) is 0.227. The third-order valence-electron chi connectivity index (χ3n) is 1.50. The molecule has 0 bridgehead atoms. The summed E-state index contributed by atoms with van der Waals surface area (Å²) in [5, 5.41) is 6.10. The molecule has 0 aliphatic heterocycles. The fourth-order valence-corrected chi connectivity index (χ4v) is 1.45. The smallest absolute Gasteiger partial charge is 0.413 e. The number of nitrogens with one attached hydrogen (secondary N) is 1. The normalized spacial score (nSPS) is 10.4. The molecule has 0 radical (unpaired) electrons. The third kappa shape index (κ3) is 2.22. The molecule has 1 N–H and O–H groups in total. The van der Waals surface area contributed by atoms with Crippen LogP contribution in [-0.4, -0.2) is 18.5 Å². The topological polar surface area (TPSA) is 68.2 Å². The summed E-state index contributed by atoms with van der Waals surface area (Å²) in [6.45, 7) is 3.88. The van der Waals surface area contributed by atoms with E-state index < -0.39 is 6.09 Å². The summed E-state index contributed by atoms with van der Waals surface area (Å²) >= 11 is 3.25. The zero-order chi connectivity index (χ0) is 10.7. The van der Waals surface area contributed by atoms with E-state index in [0.717, 1.165) is 0 Å². The minimum Gasteiger partial charge on any atom is -0.453 e. The molecule has 14 heavy (non-hydrogen) atoms. The molecule has 0 aromatic carbocycles. The van der Waals surface area contributed by atoms with Gasteiger partial charge in [-0.2, -0.15) is 0 Å². The standard InChI is InChI=1S/C7H10BrN3O3/c1-4(2)11-5(8)6(14-10-11)9-7(12)13-3/h4H,1-3H3/p+1. The lowest BCUT2D eigenvalue weighted by Gasteiger charge is -1.95. The van der Waals surface area contributed by atoms with Crippen molar-refractivity contribution >= 4 is 27.9 Å². The quantitative estimate of drug-likeness (QED) is 0.822. The largest absolute Gasteiger partial charge is 0.453 e. The van der Waals surface area contributed by atoms with E-state index in [1.807, 2.05) is 13.8 Å². The van der Waals surface area contributed by atoms with Crippen LogP contribution < -0.4 is 10.00 Å².